The Morgan fingerprint density at radius 1 is 0.925 bits per heavy atom. The summed E-state index contributed by atoms with van der Waals surface area (Å²) in [5.74, 6) is -0.949. The Morgan fingerprint density at radius 2 is 1.62 bits per heavy atom. The summed E-state index contributed by atoms with van der Waals surface area (Å²) in [6, 6.07) is 22.9. The molecule has 40 heavy (non-hydrogen) atoms. The van der Waals surface area contributed by atoms with Gasteiger partial charge < -0.3 is 10.1 Å². The van der Waals surface area contributed by atoms with Crippen molar-refractivity contribution in [1.29, 1.82) is 0 Å². The van der Waals surface area contributed by atoms with Crippen LogP contribution in [-0.4, -0.2) is 33.0 Å². The van der Waals surface area contributed by atoms with E-state index in [1.807, 2.05) is 0 Å². The number of anilines is 2. The Balaban J connectivity index is 1.68. The SMILES string of the molecule is CCOc1ccc(C(=O)Nc2ccc(Cl)cc2C(=O)c2ccccc2)cc1CN(c1ccc(F)cc1)S(C)(=O)=O. The molecule has 10 heteroatoms. The lowest BCUT2D eigenvalue weighted by Gasteiger charge is -2.24. The largest absolute Gasteiger partial charge is 0.494 e. The van der Waals surface area contributed by atoms with Gasteiger partial charge in [0.1, 0.15) is 11.6 Å². The monoisotopic (exact) mass is 580 g/mol. The van der Waals surface area contributed by atoms with Gasteiger partial charge in [-0.3, -0.25) is 13.9 Å². The molecule has 0 spiro atoms. The first-order chi connectivity index (χ1) is 19.1. The molecule has 0 aromatic heterocycles. The molecule has 0 aliphatic heterocycles. The fourth-order valence-electron chi connectivity index (χ4n) is 4.06. The van der Waals surface area contributed by atoms with Gasteiger partial charge in [-0.15, -0.1) is 0 Å². The number of hydrogen-bond donors (Lipinski definition) is 1. The summed E-state index contributed by atoms with van der Waals surface area (Å²) in [5, 5.41) is 3.11. The number of hydrogen-bond acceptors (Lipinski definition) is 5. The van der Waals surface area contributed by atoms with Crippen molar-refractivity contribution in [2.75, 3.05) is 22.5 Å². The molecule has 1 amide bonds. The van der Waals surface area contributed by atoms with Gasteiger partial charge in [-0.05, 0) is 67.6 Å². The average Bonchev–Trinajstić information content (AvgIpc) is 2.93. The van der Waals surface area contributed by atoms with Crippen LogP contribution in [0.1, 0.15) is 38.8 Å². The van der Waals surface area contributed by atoms with Crippen LogP contribution in [0.15, 0.2) is 91.0 Å². The van der Waals surface area contributed by atoms with Gasteiger partial charge in [0, 0.05) is 27.3 Å². The summed E-state index contributed by atoms with van der Waals surface area (Å²) in [5.41, 5.74) is 1.80. The Labute approximate surface area is 237 Å². The van der Waals surface area contributed by atoms with Crippen LogP contribution in [0, 0.1) is 5.82 Å². The summed E-state index contributed by atoms with van der Waals surface area (Å²) < 4.78 is 45.6. The van der Waals surface area contributed by atoms with E-state index < -0.39 is 21.7 Å². The molecule has 7 nitrogen and oxygen atoms in total. The van der Waals surface area contributed by atoms with Gasteiger partial charge in [0.25, 0.3) is 5.91 Å². The molecule has 0 bridgehead atoms. The first kappa shape index (κ1) is 28.8. The average molecular weight is 581 g/mol. The number of nitrogens with one attached hydrogen (secondary N) is 1. The maximum absolute atomic E-state index is 13.5. The Bertz CT molecular complexity index is 1640. The molecule has 0 saturated heterocycles. The number of rotatable bonds is 10. The zero-order chi connectivity index (χ0) is 28.9. The summed E-state index contributed by atoms with van der Waals surface area (Å²) in [6.45, 7) is 1.92. The zero-order valence-electron chi connectivity index (χ0n) is 21.7. The maximum atomic E-state index is 13.5. The Kier molecular flexibility index (Phi) is 8.86. The van der Waals surface area contributed by atoms with Gasteiger partial charge in [0.05, 0.1) is 30.8 Å². The maximum Gasteiger partial charge on any atom is 0.255 e. The minimum atomic E-state index is -3.78. The number of amides is 1. The van der Waals surface area contributed by atoms with Gasteiger partial charge >= 0.3 is 0 Å². The summed E-state index contributed by atoms with van der Waals surface area (Å²) >= 11 is 6.16. The molecule has 206 valence electrons. The molecule has 0 saturated carbocycles. The molecule has 4 aromatic rings. The topological polar surface area (TPSA) is 92.8 Å². The van der Waals surface area contributed by atoms with Crippen LogP contribution in [0.4, 0.5) is 15.8 Å². The van der Waals surface area contributed by atoms with E-state index in [9.17, 15) is 22.4 Å². The minimum Gasteiger partial charge on any atom is -0.494 e. The van der Waals surface area contributed by atoms with Gasteiger partial charge in [0.2, 0.25) is 10.0 Å². The molecular weight excluding hydrogens is 555 g/mol. The highest BCUT2D eigenvalue weighted by Gasteiger charge is 2.22. The number of ketones is 1. The van der Waals surface area contributed by atoms with E-state index in [0.29, 0.717) is 28.5 Å². The van der Waals surface area contributed by atoms with Crippen molar-refractivity contribution in [2.24, 2.45) is 0 Å². The van der Waals surface area contributed by atoms with E-state index >= 15 is 0 Å². The van der Waals surface area contributed by atoms with E-state index in [1.54, 1.807) is 61.5 Å². The molecule has 0 unspecified atom stereocenters. The van der Waals surface area contributed by atoms with Crippen LogP contribution in [0.3, 0.4) is 0 Å². The van der Waals surface area contributed by atoms with Crippen LogP contribution in [0.5, 0.6) is 5.75 Å². The normalized spacial score (nSPS) is 11.1. The van der Waals surface area contributed by atoms with E-state index in [-0.39, 0.29) is 34.8 Å². The second-order valence-electron chi connectivity index (χ2n) is 8.84. The predicted octanol–water partition coefficient (Wildman–Crippen LogP) is 6.33. The highest BCUT2D eigenvalue weighted by atomic mass is 35.5. The standard InChI is InChI=1S/C30H26ClFN2O5S/c1-3-39-28-16-9-21(17-22(28)19-34(40(2,37)38)25-13-11-24(32)12-14-25)30(36)33-27-15-10-23(31)18-26(27)29(35)20-7-5-4-6-8-20/h4-18H,3,19H2,1-2H3,(H,33,36). The molecule has 0 aliphatic carbocycles. The lowest BCUT2D eigenvalue weighted by Crippen LogP contribution is -2.29. The van der Waals surface area contributed by atoms with E-state index in [2.05, 4.69) is 5.32 Å². The van der Waals surface area contributed by atoms with Crippen LogP contribution in [0.2, 0.25) is 5.02 Å². The van der Waals surface area contributed by atoms with E-state index in [1.165, 1.54) is 36.4 Å². The number of sulfonamides is 1. The van der Waals surface area contributed by atoms with Crippen molar-refractivity contribution in [3.8, 4) is 5.75 Å². The van der Waals surface area contributed by atoms with Crippen molar-refractivity contribution < 1.29 is 27.1 Å². The number of carbonyl (C=O) groups excluding carboxylic acids is 2. The number of benzene rings is 4. The molecule has 4 rings (SSSR count). The number of ether oxygens (including phenoxy) is 1. The quantitative estimate of drug-likeness (QED) is 0.221. The number of carbonyl (C=O) groups is 2. The predicted molar refractivity (Wildman–Crippen MR) is 154 cm³/mol. The second-order valence-corrected chi connectivity index (χ2v) is 11.2. The highest BCUT2D eigenvalue weighted by molar-refractivity contribution is 7.92. The summed E-state index contributed by atoms with van der Waals surface area (Å²) in [6.07, 6.45) is 1.04. The summed E-state index contributed by atoms with van der Waals surface area (Å²) in [4.78, 5) is 26.5. The van der Waals surface area contributed by atoms with Crippen molar-refractivity contribution in [1.82, 2.24) is 0 Å². The molecule has 0 heterocycles. The first-order valence-corrected chi connectivity index (χ1v) is 14.5. The zero-order valence-corrected chi connectivity index (χ0v) is 23.3. The molecule has 0 radical (unpaired) electrons. The van der Waals surface area contributed by atoms with E-state index in [4.69, 9.17) is 16.3 Å². The van der Waals surface area contributed by atoms with Crippen molar-refractivity contribution >= 4 is 44.7 Å². The van der Waals surface area contributed by atoms with Gasteiger partial charge in [-0.25, -0.2) is 12.8 Å². The lowest BCUT2D eigenvalue weighted by atomic mass is 10.0. The van der Waals surface area contributed by atoms with Gasteiger partial charge in [0.15, 0.2) is 5.78 Å². The number of nitrogens with zero attached hydrogens (tertiary/aromatic N) is 1. The third-order valence-electron chi connectivity index (χ3n) is 5.96. The van der Waals surface area contributed by atoms with Crippen LogP contribution in [0.25, 0.3) is 0 Å². The molecule has 0 fully saturated rings. The smallest absolute Gasteiger partial charge is 0.255 e. The van der Waals surface area contributed by atoms with Gasteiger partial charge in [-0.1, -0.05) is 41.9 Å². The number of halogens is 2. The van der Waals surface area contributed by atoms with Crippen LogP contribution >= 0.6 is 11.6 Å². The first-order valence-electron chi connectivity index (χ1n) is 12.3. The van der Waals surface area contributed by atoms with Gasteiger partial charge in [-0.2, -0.15) is 0 Å². The fraction of sp³-hybridized carbons (Fsp3) is 0.133. The second kappa shape index (κ2) is 12.3. The fourth-order valence-corrected chi connectivity index (χ4v) is 5.11. The third kappa shape index (κ3) is 6.86. The molecule has 0 aliphatic rings. The molecule has 0 atom stereocenters. The molecule has 1 N–H and O–H groups in total. The Morgan fingerprint density at radius 3 is 2.27 bits per heavy atom. The van der Waals surface area contributed by atoms with Crippen LogP contribution in [-0.2, 0) is 16.6 Å². The Hall–Kier alpha value is -4.21. The van der Waals surface area contributed by atoms with Crippen molar-refractivity contribution in [2.45, 2.75) is 13.5 Å². The summed E-state index contributed by atoms with van der Waals surface area (Å²) in [7, 11) is -3.78. The van der Waals surface area contributed by atoms with Crippen molar-refractivity contribution in [3.05, 3.63) is 124 Å². The highest BCUT2D eigenvalue weighted by Crippen LogP contribution is 2.29. The minimum absolute atomic E-state index is 0.167. The lowest BCUT2D eigenvalue weighted by molar-refractivity contribution is 0.102. The third-order valence-corrected chi connectivity index (χ3v) is 7.34. The van der Waals surface area contributed by atoms with Crippen molar-refractivity contribution in [3.63, 3.8) is 0 Å². The van der Waals surface area contributed by atoms with Crippen LogP contribution < -0.4 is 14.4 Å². The molecule has 4 aromatic carbocycles. The van der Waals surface area contributed by atoms with E-state index in [0.717, 1.165) is 10.6 Å². The molecular formula is C30H26ClFN2O5S.